The van der Waals surface area contributed by atoms with Crippen LogP contribution in [0.4, 0.5) is 0 Å². The number of carboxylic acid groups (broad SMARTS) is 1. The highest BCUT2D eigenvalue weighted by Crippen LogP contribution is 2.18. The molecule has 0 amide bonds. The topological polar surface area (TPSA) is 115 Å². The highest BCUT2D eigenvalue weighted by atomic mass is 32.1. The van der Waals surface area contributed by atoms with Crippen LogP contribution < -0.4 is 5.73 Å². The summed E-state index contributed by atoms with van der Waals surface area (Å²) in [4.78, 5) is 11.7. The van der Waals surface area contributed by atoms with E-state index in [1.165, 1.54) is 11.3 Å². The van der Waals surface area contributed by atoms with Gasteiger partial charge in [0.1, 0.15) is 6.04 Å². The summed E-state index contributed by atoms with van der Waals surface area (Å²) < 4.78 is 0. The number of hydrogen-bond acceptors (Lipinski definition) is 7. The predicted molar refractivity (Wildman–Crippen MR) is 68.8 cm³/mol. The molecule has 7 nitrogen and oxygen atoms in total. The minimum Gasteiger partial charge on any atom is -0.480 e. The molecule has 19 heavy (non-hydrogen) atoms. The van der Waals surface area contributed by atoms with Crippen molar-refractivity contribution in [2.75, 3.05) is 0 Å². The first kappa shape index (κ1) is 13.5. The molecular formula is C11H13N5O2S. The fraction of sp³-hybridized carbons (Fsp3) is 0.364. The second-order valence-electron chi connectivity index (χ2n) is 4.11. The molecule has 0 bridgehead atoms. The summed E-state index contributed by atoms with van der Waals surface area (Å²) in [5, 5.41) is 26.2. The fourth-order valence-corrected chi connectivity index (χ4v) is 2.39. The number of aromatic nitrogens is 4. The van der Waals surface area contributed by atoms with Crippen molar-refractivity contribution in [1.29, 1.82) is 0 Å². The number of hydrogen-bond donors (Lipinski definition) is 2. The van der Waals surface area contributed by atoms with Gasteiger partial charge in [0.25, 0.3) is 0 Å². The smallest absolute Gasteiger partial charge is 0.320 e. The van der Waals surface area contributed by atoms with Gasteiger partial charge in [0.05, 0.1) is 0 Å². The van der Waals surface area contributed by atoms with Crippen LogP contribution in [0.3, 0.4) is 0 Å². The summed E-state index contributed by atoms with van der Waals surface area (Å²) in [5.74, 6) is 0.0765. The van der Waals surface area contributed by atoms with E-state index in [0.29, 0.717) is 24.5 Å². The molecule has 0 aliphatic carbocycles. The van der Waals surface area contributed by atoms with Gasteiger partial charge in [-0.3, -0.25) is 4.79 Å². The van der Waals surface area contributed by atoms with Crippen molar-refractivity contribution in [1.82, 2.24) is 20.4 Å². The maximum atomic E-state index is 10.7. The molecule has 0 aromatic carbocycles. The molecule has 0 saturated carbocycles. The number of aliphatic carboxylic acids is 1. The third-order valence-corrected chi connectivity index (χ3v) is 3.42. The Bertz CT molecular complexity index is 569. The van der Waals surface area contributed by atoms with Crippen molar-refractivity contribution in [3.05, 3.63) is 33.5 Å². The lowest BCUT2D eigenvalue weighted by molar-refractivity contribution is -0.138. The lowest BCUT2D eigenvalue weighted by Crippen LogP contribution is -2.32. The van der Waals surface area contributed by atoms with Crippen molar-refractivity contribution >= 4 is 17.3 Å². The molecule has 0 aliphatic heterocycles. The van der Waals surface area contributed by atoms with Crippen LogP contribution in [0.25, 0.3) is 0 Å². The Morgan fingerprint density at radius 1 is 1.42 bits per heavy atom. The number of aryl methyl sites for hydroxylation is 1. The van der Waals surface area contributed by atoms with Gasteiger partial charge in [0.15, 0.2) is 11.6 Å². The van der Waals surface area contributed by atoms with Crippen molar-refractivity contribution in [3.63, 3.8) is 0 Å². The highest BCUT2D eigenvalue weighted by molar-refractivity contribution is 7.10. The van der Waals surface area contributed by atoms with Crippen molar-refractivity contribution in [2.45, 2.75) is 25.8 Å². The number of rotatable bonds is 5. The quantitative estimate of drug-likeness (QED) is 0.802. The average molecular weight is 279 g/mol. The van der Waals surface area contributed by atoms with E-state index in [0.717, 1.165) is 10.4 Å². The maximum Gasteiger partial charge on any atom is 0.320 e. The molecule has 0 spiro atoms. The summed E-state index contributed by atoms with van der Waals surface area (Å²) in [6.07, 6.45) is 0.852. The summed E-state index contributed by atoms with van der Waals surface area (Å²) in [6, 6.07) is 1.04. The molecule has 0 saturated heterocycles. The number of carboxylic acids is 1. The number of nitrogens with zero attached hydrogens (tertiary/aromatic N) is 4. The molecular weight excluding hydrogens is 266 g/mol. The second-order valence-corrected chi connectivity index (χ2v) is 5.11. The van der Waals surface area contributed by atoms with Crippen LogP contribution in [0.2, 0.25) is 0 Å². The highest BCUT2D eigenvalue weighted by Gasteiger charge is 2.13. The summed E-state index contributed by atoms with van der Waals surface area (Å²) in [5.41, 5.74) is 6.39. The van der Waals surface area contributed by atoms with Crippen LogP contribution in [0.1, 0.15) is 22.1 Å². The van der Waals surface area contributed by atoms with E-state index >= 15 is 0 Å². The summed E-state index contributed by atoms with van der Waals surface area (Å²) in [6.45, 7) is 1.72. The first-order valence-electron chi connectivity index (χ1n) is 5.62. The lowest BCUT2D eigenvalue weighted by atomic mass is 10.1. The Kier molecular flexibility index (Phi) is 4.13. The van der Waals surface area contributed by atoms with E-state index in [9.17, 15) is 4.79 Å². The zero-order chi connectivity index (χ0) is 13.8. The standard InChI is InChI=1S/C11H13N5O2S/c1-6-13-15-10(16-14-6)4-8-2-7(5-19-8)3-9(12)11(17)18/h2,5,9H,3-4,12H2,1H3,(H,17,18)/t9-/m0/s1. The molecule has 8 heteroatoms. The van der Waals surface area contributed by atoms with Gasteiger partial charge in [0.2, 0.25) is 0 Å². The molecule has 3 N–H and O–H groups in total. The van der Waals surface area contributed by atoms with E-state index in [1.54, 1.807) is 6.92 Å². The minimum atomic E-state index is -0.997. The zero-order valence-electron chi connectivity index (χ0n) is 10.3. The molecule has 0 aliphatic rings. The number of carbonyl (C=O) groups is 1. The van der Waals surface area contributed by atoms with Gasteiger partial charge in [-0.25, -0.2) is 0 Å². The van der Waals surface area contributed by atoms with Gasteiger partial charge in [-0.1, -0.05) is 0 Å². The van der Waals surface area contributed by atoms with E-state index in [2.05, 4.69) is 20.4 Å². The number of nitrogens with two attached hydrogens (primary N) is 1. The van der Waals surface area contributed by atoms with Crippen LogP contribution >= 0.6 is 11.3 Å². The van der Waals surface area contributed by atoms with Crippen LogP contribution in [-0.4, -0.2) is 37.5 Å². The molecule has 0 fully saturated rings. The van der Waals surface area contributed by atoms with Gasteiger partial charge in [-0.2, -0.15) is 0 Å². The third kappa shape index (κ3) is 3.76. The summed E-state index contributed by atoms with van der Waals surface area (Å²) >= 11 is 1.52. The van der Waals surface area contributed by atoms with E-state index < -0.39 is 12.0 Å². The van der Waals surface area contributed by atoms with Crippen molar-refractivity contribution in [3.8, 4) is 0 Å². The molecule has 2 aromatic rings. The van der Waals surface area contributed by atoms with Crippen LogP contribution in [0.15, 0.2) is 11.4 Å². The van der Waals surface area contributed by atoms with Crippen LogP contribution in [0, 0.1) is 6.92 Å². The Labute approximate surface area is 113 Å². The maximum absolute atomic E-state index is 10.7. The fourth-order valence-electron chi connectivity index (χ4n) is 1.49. The lowest BCUT2D eigenvalue weighted by Gasteiger charge is -2.02. The zero-order valence-corrected chi connectivity index (χ0v) is 11.1. The van der Waals surface area contributed by atoms with Gasteiger partial charge in [-0.05, 0) is 30.4 Å². The van der Waals surface area contributed by atoms with Gasteiger partial charge in [0, 0.05) is 11.3 Å². The van der Waals surface area contributed by atoms with Gasteiger partial charge < -0.3 is 10.8 Å². The van der Waals surface area contributed by atoms with Crippen molar-refractivity contribution < 1.29 is 9.90 Å². The predicted octanol–water partition coefficient (Wildman–Crippen LogP) is 0.182. The Morgan fingerprint density at radius 3 is 2.74 bits per heavy atom. The van der Waals surface area contributed by atoms with E-state index in [1.807, 2.05) is 11.4 Å². The molecule has 2 rings (SSSR count). The second kappa shape index (κ2) is 5.81. The van der Waals surface area contributed by atoms with Crippen LogP contribution in [-0.2, 0) is 17.6 Å². The molecule has 1 atom stereocenters. The largest absolute Gasteiger partial charge is 0.480 e. The van der Waals surface area contributed by atoms with E-state index in [4.69, 9.17) is 10.8 Å². The minimum absolute atomic E-state index is 0.317. The van der Waals surface area contributed by atoms with Gasteiger partial charge in [-0.15, -0.1) is 31.7 Å². The Morgan fingerprint density at radius 2 is 2.11 bits per heavy atom. The molecule has 0 radical (unpaired) electrons. The SMILES string of the molecule is Cc1nnc(Cc2cc(C[C@H](N)C(=O)O)cs2)nn1. The first-order valence-corrected chi connectivity index (χ1v) is 6.50. The average Bonchev–Trinajstić information content (AvgIpc) is 2.79. The normalized spacial score (nSPS) is 12.3. The number of thiophene rings is 1. The summed E-state index contributed by atoms with van der Waals surface area (Å²) in [7, 11) is 0. The monoisotopic (exact) mass is 279 g/mol. The van der Waals surface area contributed by atoms with Crippen molar-refractivity contribution in [2.24, 2.45) is 5.73 Å². The van der Waals surface area contributed by atoms with Crippen LogP contribution in [0.5, 0.6) is 0 Å². The third-order valence-electron chi connectivity index (χ3n) is 2.43. The molecule has 2 aromatic heterocycles. The molecule has 2 heterocycles. The first-order chi connectivity index (χ1) is 9.04. The van der Waals surface area contributed by atoms with E-state index in [-0.39, 0.29) is 0 Å². The molecule has 0 unspecified atom stereocenters. The Balaban J connectivity index is 2.01. The van der Waals surface area contributed by atoms with Gasteiger partial charge >= 0.3 is 5.97 Å². The molecule has 100 valence electrons. The Hall–Kier alpha value is -1.93.